The summed E-state index contributed by atoms with van der Waals surface area (Å²) in [4.78, 5) is 13.8. The molecule has 1 aromatic rings. The minimum atomic E-state index is 0.0703. The van der Waals surface area contributed by atoms with E-state index in [0.717, 1.165) is 25.1 Å². The van der Waals surface area contributed by atoms with E-state index in [4.69, 9.17) is 5.11 Å². The molecule has 0 fully saturated rings. The number of likely N-dealkylation sites (N-methyl/N-ethyl adjacent to an activating group) is 1. The first-order valence-corrected chi connectivity index (χ1v) is 6.87. The Morgan fingerprint density at radius 2 is 1.74 bits per heavy atom. The van der Waals surface area contributed by atoms with Gasteiger partial charge in [-0.2, -0.15) is 0 Å². The Morgan fingerprint density at radius 3 is 2.26 bits per heavy atom. The molecule has 106 valence electrons. The van der Waals surface area contributed by atoms with Crippen LogP contribution < -0.4 is 5.32 Å². The van der Waals surface area contributed by atoms with Crippen molar-refractivity contribution in [3.8, 4) is 0 Å². The van der Waals surface area contributed by atoms with Gasteiger partial charge in [-0.15, -0.1) is 0 Å². The summed E-state index contributed by atoms with van der Waals surface area (Å²) in [6, 6.07) is 7.80. The zero-order valence-electron chi connectivity index (χ0n) is 11.9. The number of nitrogens with one attached hydrogen (secondary N) is 1. The van der Waals surface area contributed by atoms with Gasteiger partial charge in [-0.25, -0.2) is 0 Å². The number of rotatable bonds is 8. The summed E-state index contributed by atoms with van der Waals surface area (Å²) in [5.74, 6) is 0.0793. The third-order valence-corrected chi connectivity index (χ3v) is 3.20. The molecule has 0 atom stereocenters. The molecule has 4 heteroatoms. The van der Waals surface area contributed by atoms with Crippen LogP contribution in [0.4, 0.5) is 0 Å². The van der Waals surface area contributed by atoms with E-state index in [1.807, 2.05) is 24.3 Å². The minimum absolute atomic E-state index is 0.0703. The third-order valence-electron chi connectivity index (χ3n) is 3.20. The molecular formula is C15H24N2O2. The van der Waals surface area contributed by atoms with Crippen LogP contribution in [-0.4, -0.2) is 42.1 Å². The molecular weight excluding hydrogens is 240 g/mol. The quantitative estimate of drug-likeness (QED) is 0.741. The number of carbonyl (C=O) groups is 1. The smallest absolute Gasteiger partial charge is 0.234 e. The topological polar surface area (TPSA) is 52.6 Å². The lowest BCUT2D eigenvalue weighted by atomic mass is 10.1. The lowest BCUT2D eigenvalue weighted by Gasteiger charge is -2.17. The fourth-order valence-electron chi connectivity index (χ4n) is 1.86. The Kier molecular flexibility index (Phi) is 7.15. The van der Waals surface area contributed by atoms with Gasteiger partial charge in [0.25, 0.3) is 0 Å². The van der Waals surface area contributed by atoms with Crippen molar-refractivity contribution in [1.82, 2.24) is 10.2 Å². The number of aliphatic hydroxyl groups excluding tert-OH is 1. The van der Waals surface area contributed by atoms with Crippen LogP contribution in [0.5, 0.6) is 0 Å². The molecule has 0 saturated carbocycles. The normalized spacial score (nSPS) is 10.7. The summed E-state index contributed by atoms with van der Waals surface area (Å²) in [5.41, 5.74) is 2.08. The van der Waals surface area contributed by atoms with Crippen molar-refractivity contribution < 1.29 is 9.90 Å². The Hall–Kier alpha value is -1.39. The van der Waals surface area contributed by atoms with Crippen molar-refractivity contribution in [2.75, 3.05) is 26.2 Å². The molecule has 1 rings (SSSR count). The van der Waals surface area contributed by atoms with Gasteiger partial charge in [0, 0.05) is 6.54 Å². The molecule has 0 aliphatic heterocycles. The average molecular weight is 264 g/mol. The molecule has 0 bridgehead atoms. The summed E-state index contributed by atoms with van der Waals surface area (Å²) >= 11 is 0. The molecule has 0 heterocycles. The number of hydrogen-bond donors (Lipinski definition) is 2. The highest BCUT2D eigenvalue weighted by atomic mass is 16.3. The second-order valence-electron chi connectivity index (χ2n) is 4.54. The van der Waals surface area contributed by atoms with E-state index in [9.17, 15) is 4.79 Å². The van der Waals surface area contributed by atoms with Gasteiger partial charge in [0.1, 0.15) is 0 Å². The lowest BCUT2D eigenvalue weighted by Crippen LogP contribution is -2.37. The first kappa shape index (κ1) is 15.7. The lowest BCUT2D eigenvalue weighted by molar-refractivity contribution is -0.122. The van der Waals surface area contributed by atoms with Gasteiger partial charge in [-0.1, -0.05) is 38.1 Å². The molecule has 1 amide bonds. The van der Waals surface area contributed by atoms with Crippen LogP contribution in [0.25, 0.3) is 0 Å². The number of nitrogens with zero attached hydrogens (tertiary/aromatic N) is 1. The molecule has 19 heavy (non-hydrogen) atoms. The predicted octanol–water partition coefficient (Wildman–Crippen LogP) is 1.18. The van der Waals surface area contributed by atoms with E-state index < -0.39 is 0 Å². The number of benzene rings is 1. The maximum Gasteiger partial charge on any atom is 0.234 e. The van der Waals surface area contributed by atoms with E-state index in [-0.39, 0.29) is 12.5 Å². The Bertz CT molecular complexity index is 372. The SMILES string of the molecule is CCN(CC)CC(=O)NCCc1ccc(CO)cc1. The van der Waals surface area contributed by atoms with Gasteiger partial charge in [-0.05, 0) is 30.6 Å². The van der Waals surface area contributed by atoms with Crippen LogP contribution in [0.2, 0.25) is 0 Å². The van der Waals surface area contributed by atoms with E-state index in [0.29, 0.717) is 13.1 Å². The Labute approximate surface area is 115 Å². The van der Waals surface area contributed by atoms with Crippen molar-refractivity contribution in [1.29, 1.82) is 0 Å². The zero-order chi connectivity index (χ0) is 14.1. The largest absolute Gasteiger partial charge is 0.392 e. The average Bonchev–Trinajstić information content (AvgIpc) is 2.45. The molecule has 0 unspecified atom stereocenters. The van der Waals surface area contributed by atoms with Crippen LogP contribution in [0.15, 0.2) is 24.3 Å². The van der Waals surface area contributed by atoms with Crippen molar-refractivity contribution in [2.45, 2.75) is 26.9 Å². The molecule has 0 aromatic heterocycles. The molecule has 0 aliphatic rings. The summed E-state index contributed by atoms with van der Waals surface area (Å²) in [6.07, 6.45) is 0.815. The third kappa shape index (κ3) is 5.85. The molecule has 0 saturated heterocycles. The second-order valence-corrected chi connectivity index (χ2v) is 4.54. The van der Waals surface area contributed by atoms with Crippen LogP contribution in [-0.2, 0) is 17.8 Å². The van der Waals surface area contributed by atoms with Crippen LogP contribution in [0.3, 0.4) is 0 Å². The highest BCUT2D eigenvalue weighted by Gasteiger charge is 2.06. The van der Waals surface area contributed by atoms with E-state index in [2.05, 4.69) is 24.1 Å². The molecule has 2 N–H and O–H groups in total. The van der Waals surface area contributed by atoms with E-state index in [1.165, 1.54) is 5.56 Å². The first-order chi connectivity index (χ1) is 9.19. The number of amides is 1. The summed E-state index contributed by atoms with van der Waals surface area (Å²) in [7, 11) is 0. The second kappa shape index (κ2) is 8.67. The van der Waals surface area contributed by atoms with Gasteiger partial charge in [-0.3, -0.25) is 9.69 Å². The molecule has 0 radical (unpaired) electrons. The fraction of sp³-hybridized carbons (Fsp3) is 0.533. The maximum atomic E-state index is 11.7. The zero-order valence-corrected chi connectivity index (χ0v) is 11.9. The first-order valence-electron chi connectivity index (χ1n) is 6.87. The number of hydrogen-bond acceptors (Lipinski definition) is 3. The number of aliphatic hydroxyl groups is 1. The van der Waals surface area contributed by atoms with Crippen molar-refractivity contribution >= 4 is 5.91 Å². The summed E-state index contributed by atoms with van der Waals surface area (Å²) < 4.78 is 0. The highest BCUT2D eigenvalue weighted by Crippen LogP contribution is 2.04. The Balaban J connectivity index is 2.27. The Morgan fingerprint density at radius 1 is 1.16 bits per heavy atom. The van der Waals surface area contributed by atoms with Gasteiger partial charge < -0.3 is 10.4 Å². The summed E-state index contributed by atoms with van der Waals surface area (Å²) in [5, 5.41) is 11.9. The summed E-state index contributed by atoms with van der Waals surface area (Å²) in [6.45, 7) is 7.09. The van der Waals surface area contributed by atoms with Crippen molar-refractivity contribution in [2.24, 2.45) is 0 Å². The van der Waals surface area contributed by atoms with Crippen LogP contribution >= 0.6 is 0 Å². The standard InChI is InChI=1S/C15H24N2O2/c1-3-17(4-2)11-15(19)16-10-9-13-5-7-14(12-18)8-6-13/h5-8,18H,3-4,9-12H2,1-2H3,(H,16,19). The van der Waals surface area contributed by atoms with Gasteiger partial charge in [0.05, 0.1) is 13.2 Å². The van der Waals surface area contributed by atoms with Gasteiger partial charge in [0.2, 0.25) is 5.91 Å². The minimum Gasteiger partial charge on any atom is -0.392 e. The van der Waals surface area contributed by atoms with Crippen molar-refractivity contribution in [3.63, 3.8) is 0 Å². The van der Waals surface area contributed by atoms with Gasteiger partial charge >= 0.3 is 0 Å². The van der Waals surface area contributed by atoms with Crippen LogP contribution in [0.1, 0.15) is 25.0 Å². The fourth-order valence-corrected chi connectivity index (χ4v) is 1.86. The van der Waals surface area contributed by atoms with Crippen molar-refractivity contribution in [3.05, 3.63) is 35.4 Å². The highest BCUT2D eigenvalue weighted by molar-refractivity contribution is 5.77. The molecule has 4 nitrogen and oxygen atoms in total. The number of carbonyl (C=O) groups excluding carboxylic acids is 1. The monoisotopic (exact) mass is 264 g/mol. The van der Waals surface area contributed by atoms with Crippen LogP contribution in [0, 0.1) is 0 Å². The maximum absolute atomic E-state index is 11.7. The van der Waals surface area contributed by atoms with E-state index >= 15 is 0 Å². The van der Waals surface area contributed by atoms with E-state index in [1.54, 1.807) is 0 Å². The van der Waals surface area contributed by atoms with Gasteiger partial charge in [0.15, 0.2) is 0 Å². The predicted molar refractivity (Wildman–Crippen MR) is 76.9 cm³/mol. The molecule has 1 aromatic carbocycles. The molecule has 0 aliphatic carbocycles. The molecule has 0 spiro atoms.